The van der Waals surface area contributed by atoms with Crippen LogP contribution in [-0.4, -0.2) is 49.8 Å². The SMILES string of the molecule is CCOC1CCN(CC2NCCCC2C)CC1. The van der Waals surface area contributed by atoms with Gasteiger partial charge in [-0.25, -0.2) is 0 Å². The first-order valence-electron chi connectivity index (χ1n) is 7.37. The minimum Gasteiger partial charge on any atom is -0.378 e. The zero-order valence-electron chi connectivity index (χ0n) is 11.5. The molecule has 0 aromatic heterocycles. The lowest BCUT2D eigenvalue weighted by atomic mass is 9.92. The van der Waals surface area contributed by atoms with E-state index in [-0.39, 0.29) is 0 Å². The normalized spacial score (nSPS) is 32.8. The molecule has 2 heterocycles. The third kappa shape index (κ3) is 3.94. The Morgan fingerprint density at radius 1 is 1.24 bits per heavy atom. The molecule has 0 spiro atoms. The van der Waals surface area contributed by atoms with E-state index in [4.69, 9.17) is 4.74 Å². The largest absolute Gasteiger partial charge is 0.378 e. The fourth-order valence-corrected chi connectivity index (χ4v) is 3.13. The Bertz CT molecular complexity index is 214. The molecule has 2 saturated heterocycles. The maximum Gasteiger partial charge on any atom is 0.0599 e. The van der Waals surface area contributed by atoms with Gasteiger partial charge in [-0.05, 0) is 45.1 Å². The van der Waals surface area contributed by atoms with Gasteiger partial charge in [-0.15, -0.1) is 0 Å². The summed E-state index contributed by atoms with van der Waals surface area (Å²) in [6, 6.07) is 0.715. The Kier molecular flexibility index (Phi) is 5.26. The molecular weight excluding hydrogens is 212 g/mol. The maximum atomic E-state index is 5.70. The van der Waals surface area contributed by atoms with E-state index in [1.165, 1.54) is 51.9 Å². The number of nitrogens with zero attached hydrogens (tertiary/aromatic N) is 1. The lowest BCUT2D eigenvalue weighted by molar-refractivity contribution is 0.0103. The highest BCUT2D eigenvalue weighted by atomic mass is 16.5. The Labute approximate surface area is 106 Å². The number of likely N-dealkylation sites (tertiary alicyclic amines) is 1. The van der Waals surface area contributed by atoms with E-state index in [2.05, 4.69) is 24.1 Å². The smallest absolute Gasteiger partial charge is 0.0599 e. The average Bonchev–Trinajstić information content (AvgIpc) is 2.35. The van der Waals surface area contributed by atoms with Crippen LogP contribution < -0.4 is 5.32 Å². The van der Waals surface area contributed by atoms with Gasteiger partial charge in [-0.2, -0.15) is 0 Å². The van der Waals surface area contributed by atoms with Gasteiger partial charge in [0, 0.05) is 32.3 Å². The molecule has 0 aromatic carbocycles. The summed E-state index contributed by atoms with van der Waals surface area (Å²) in [7, 11) is 0. The van der Waals surface area contributed by atoms with Gasteiger partial charge >= 0.3 is 0 Å². The number of rotatable bonds is 4. The molecule has 0 aromatic rings. The van der Waals surface area contributed by atoms with Crippen LogP contribution in [0, 0.1) is 5.92 Å². The van der Waals surface area contributed by atoms with Crippen molar-refractivity contribution in [1.29, 1.82) is 0 Å². The quantitative estimate of drug-likeness (QED) is 0.812. The fraction of sp³-hybridized carbons (Fsp3) is 1.00. The van der Waals surface area contributed by atoms with Crippen LogP contribution in [0.25, 0.3) is 0 Å². The second-order valence-corrected chi connectivity index (χ2v) is 5.64. The molecular formula is C14H28N2O. The topological polar surface area (TPSA) is 24.5 Å². The molecule has 0 radical (unpaired) electrons. The summed E-state index contributed by atoms with van der Waals surface area (Å²) in [5.74, 6) is 0.841. The lowest BCUT2D eigenvalue weighted by Gasteiger charge is -2.38. The summed E-state index contributed by atoms with van der Waals surface area (Å²) in [5.41, 5.74) is 0. The zero-order valence-corrected chi connectivity index (χ0v) is 11.5. The molecule has 3 nitrogen and oxygen atoms in total. The van der Waals surface area contributed by atoms with Crippen molar-refractivity contribution >= 4 is 0 Å². The first-order chi connectivity index (χ1) is 8.29. The third-order valence-corrected chi connectivity index (χ3v) is 4.32. The number of nitrogens with one attached hydrogen (secondary N) is 1. The van der Waals surface area contributed by atoms with Crippen LogP contribution in [0.2, 0.25) is 0 Å². The first-order valence-corrected chi connectivity index (χ1v) is 7.37. The Hall–Kier alpha value is -0.120. The fourth-order valence-electron chi connectivity index (χ4n) is 3.13. The van der Waals surface area contributed by atoms with Crippen molar-refractivity contribution in [3.63, 3.8) is 0 Å². The minimum atomic E-state index is 0.521. The highest BCUT2D eigenvalue weighted by molar-refractivity contribution is 4.83. The van der Waals surface area contributed by atoms with Crippen molar-refractivity contribution < 1.29 is 4.74 Å². The Morgan fingerprint density at radius 2 is 2.00 bits per heavy atom. The Balaban J connectivity index is 1.70. The molecule has 17 heavy (non-hydrogen) atoms. The molecule has 0 saturated carbocycles. The van der Waals surface area contributed by atoms with Gasteiger partial charge in [-0.1, -0.05) is 6.92 Å². The molecule has 2 aliphatic heterocycles. The van der Waals surface area contributed by atoms with E-state index < -0.39 is 0 Å². The summed E-state index contributed by atoms with van der Waals surface area (Å²) in [4.78, 5) is 2.62. The molecule has 2 atom stereocenters. The molecule has 0 amide bonds. The lowest BCUT2D eigenvalue weighted by Crippen LogP contribution is -2.50. The van der Waals surface area contributed by atoms with Gasteiger partial charge in [0.2, 0.25) is 0 Å². The number of ether oxygens (including phenoxy) is 1. The van der Waals surface area contributed by atoms with Crippen LogP contribution in [0.15, 0.2) is 0 Å². The van der Waals surface area contributed by atoms with Gasteiger partial charge in [0.15, 0.2) is 0 Å². The molecule has 2 unspecified atom stereocenters. The van der Waals surface area contributed by atoms with Crippen LogP contribution in [-0.2, 0) is 4.74 Å². The van der Waals surface area contributed by atoms with Crippen molar-refractivity contribution in [3.05, 3.63) is 0 Å². The molecule has 2 aliphatic rings. The van der Waals surface area contributed by atoms with E-state index in [0.29, 0.717) is 12.1 Å². The van der Waals surface area contributed by atoms with Crippen LogP contribution in [0.5, 0.6) is 0 Å². The third-order valence-electron chi connectivity index (χ3n) is 4.32. The second kappa shape index (κ2) is 6.72. The molecule has 1 N–H and O–H groups in total. The van der Waals surface area contributed by atoms with Crippen LogP contribution in [0.1, 0.15) is 39.5 Å². The van der Waals surface area contributed by atoms with Crippen molar-refractivity contribution in [2.45, 2.75) is 51.7 Å². The predicted molar refractivity (Wildman–Crippen MR) is 71.3 cm³/mol. The summed E-state index contributed by atoms with van der Waals surface area (Å²) in [6.07, 6.45) is 5.70. The van der Waals surface area contributed by atoms with E-state index in [1.54, 1.807) is 0 Å². The van der Waals surface area contributed by atoms with Crippen molar-refractivity contribution in [2.24, 2.45) is 5.92 Å². The van der Waals surface area contributed by atoms with Gasteiger partial charge in [0.05, 0.1) is 6.10 Å². The Morgan fingerprint density at radius 3 is 2.65 bits per heavy atom. The van der Waals surface area contributed by atoms with Gasteiger partial charge in [0.25, 0.3) is 0 Å². The number of piperidine rings is 2. The summed E-state index contributed by atoms with van der Waals surface area (Å²) >= 11 is 0. The van der Waals surface area contributed by atoms with Crippen molar-refractivity contribution in [1.82, 2.24) is 10.2 Å². The summed E-state index contributed by atoms with van der Waals surface area (Å²) < 4.78 is 5.70. The standard InChI is InChI=1S/C14H28N2O/c1-3-17-13-6-9-16(10-7-13)11-14-12(2)5-4-8-15-14/h12-15H,3-11H2,1-2H3. The second-order valence-electron chi connectivity index (χ2n) is 5.64. The average molecular weight is 240 g/mol. The highest BCUT2D eigenvalue weighted by Gasteiger charge is 2.25. The van der Waals surface area contributed by atoms with Gasteiger partial charge < -0.3 is 15.0 Å². The minimum absolute atomic E-state index is 0.521. The van der Waals surface area contributed by atoms with E-state index in [1.807, 2.05) is 0 Å². The van der Waals surface area contributed by atoms with Crippen molar-refractivity contribution in [3.8, 4) is 0 Å². The monoisotopic (exact) mass is 240 g/mol. The van der Waals surface area contributed by atoms with E-state index in [9.17, 15) is 0 Å². The van der Waals surface area contributed by atoms with Crippen molar-refractivity contribution in [2.75, 3.05) is 32.8 Å². The molecule has 2 rings (SSSR count). The number of hydrogen-bond donors (Lipinski definition) is 1. The molecule has 3 heteroatoms. The van der Waals surface area contributed by atoms with Gasteiger partial charge in [-0.3, -0.25) is 0 Å². The molecule has 0 bridgehead atoms. The van der Waals surface area contributed by atoms with Crippen LogP contribution >= 0.6 is 0 Å². The van der Waals surface area contributed by atoms with Crippen LogP contribution in [0.3, 0.4) is 0 Å². The molecule has 0 aliphatic carbocycles. The summed E-state index contributed by atoms with van der Waals surface area (Å²) in [6.45, 7) is 10.2. The van der Waals surface area contributed by atoms with E-state index in [0.717, 1.165) is 12.5 Å². The highest BCUT2D eigenvalue weighted by Crippen LogP contribution is 2.19. The van der Waals surface area contributed by atoms with Crippen LogP contribution in [0.4, 0.5) is 0 Å². The van der Waals surface area contributed by atoms with E-state index >= 15 is 0 Å². The summed E-state index contributed by atoms with van der Waals surface area (Å²) in [5, 5.41) is 3.68. The first kappa shape index (κ1) is 13.3. The molecule has 100 valence electrons. The van der Waals surface area contributed by atoms with Gasteiger partial charge in [0.1, 0.15) is 0 Å². The zero-order chi connectivity index (χ0) is 12.1. The number of hydrogen-bond acceptors (Lipinski definition) is 3. The predicted octanol–water partition coefficient (Wildman–Crippen LogP) is 1.88. The molecule has 2 fully saturated rings. The maximum absolute atomic E-state index is 5.70.